The van der Waals surface area contributed by atoms with Crippen LogP contribution in [-0.2, 0) is 4.79 Å². The minimum absolute atomic E-state index is 0.239. The van der Waals surface area contributed by atoms with Crippen LogP contribution in [0.3, 0.4) is 0 Å². The molecular formula is C25H32ClFN2O3. The Labute approximate surface area is 195 Å². The molecule has 0 aliphatic carbocycles. The summed E-state index contributed by atoms with van der Waals surface area (Å²) in [5.74, 6) is 0.396. The maximum atomic E-state index is 13.1. The highest BCUT2D eigenvalue weighted by Gasteiger charge is 2.13. The van der Waals surface area contributed by atoms with Gasteiger partial charge in [0.15, 0.2) is 11.5 Å². The van der Waals surface area contributed by atoms with Crippen molar-refractivity contribution in [3.63, 3.8) is 0 Å². The van der Waals surface area contributed by atoms with Gasteiger partial charge in [0.05, 0.1) is 18.7 Å². The van der Waals surface area contributed by atoms with Crippen LogP contribution in [0.15, 0.2) is 42.5 Å². The van der Waals surface area contributed by atoms with Gasteiger partial charge in [0.2, 0.25) is 5.91 Å². The molecule has 2 rings (SSSR count). The fourth-order valence-electron chi connectivity index (χ4n) is 3.40. The van der Waals surface area contributed by atoms with Crippen LogP contribution < -0.4 is 14.8 Å². The number of methoxy groups -OCH3 is 1. The van der Waals surface area contributed by atoms with Crippen LogP contribution in [0.2, 0.25) is 5.02 Å². The third kappa shape index (κ3) is 7.84. The van der Waals surface area contributed by atoms with E-state index in [2.05, 4.69) is 37.9 Å². The second-order valence-electron chi connectivity index (χ2n) is 7.98. The van der Waals surface area contributed by atoms with Crippen molar-refractivity contribution in [1.82, 2.24) is 4.90 Å². The van der Waals surface area contributed by atoms with Crippen LogP contribution in [0, 0.1) is 5.82 Å². The van der Waals surface area contributed by atoms with Crippen LogP contribution in [-0.4, -0.2) is 43.2 Å². The zero-order valence-electron chi connectivity index (χ0n) is 19.3. The molecule has 5 nitrogen and oxygen atoms in total. The SMILES string of the molecule is COc1ccc(NC(=O)C=Cc2ccc(F)cc2Cl)cc1OCCCN(C(C)C)C(C)C. The smallest absolute Gasteiger partial charge is 0.248 e. The average Bonchev–Trinajstić information content (AvgIpc) is 2.72. The van der Waals surface area contributed by atoms with Crippen LogP contribution >= 0.6 is 11.6 Å². The lowest BCUT2D eigenvalue weighted by atomic mass is 10.2. The van der Waals surface area contributed by atoms with Gasteiger partial charge in [-0.1, -0.05) is 17.7 Å². The zero-order valence-corrected chi connectivity index (χ0v) is 20.1. The standard InChI is InChI=1S/C25H32ClFN2O3/c1-17(2)29(18(3)4)13-6-14-32-24-16-21(10-11-23(24)31-5)28-25(30)12-8-19-7-9-20(27)15-22(19)26/h7-12,15-18H,6,13-14H2,1-5H3,(H,28,30). The predicted octanol–water partition coefficient (Wildman–Crippen LogP) is 6.03. The first-order valence-corrected chi connectivity index (χ1v) is 11.1. The fourth-order valence-corrected chi connectivity index (χ4v) is 3.63. The van der Waals surface area contributed by atoms with Gasteiger partial charge in [-0.05, 0) is 70.0 Å². The summed E-state index contributed by atoms with van der Waals surface area (Å²) in [6.45, 7) is 10.2. The second kappa shape index (κ2) is 12.5. The molecule has 0 radical (unpaired) electrons. The molecule has 0 aliphatic heterocycles. The number of benzene rings is 2. The number of nitrogens with zero attached hydrogens (tertiary/aromatic N) is 1. The molecular weight excluding hydrogens is 431 g/mol. The largest absolute Gasteiger partial charge is 0.493 e. The van der Waals surface area contributed by atoms with Gasteiger partial charge in [-0.15, -0.1) is 0 Å². The van der Waals surface area contributed by atoms with Gasteiger partial charge in [-0.25, -0.2) is 4.39 Å². The third-order valence-electron chi connectivity index (χ3n) is 4.95. The van der Waals surface area contributed by atoms with Crippen molar-refractivity contribution in [2.24, 2.45) is 0 Å². The number of rotatable bonds is 11. The van der Waals surface area contributed by atoms with Gasteiger partial charge in [0.1, 0.15) is 5.82 Å². The van der Waals surface area contributed by atoms with Crippen molar-refractivity contribution in [3.05, 3.63) is 58.9 Å². The first-order valence-electron chi connectivity index (χ1n) is 10.7. The summed E-state index contributed by atoms with van der Waals surface area (Å²) in [7, 11) is 1.58. The number of hydrogen-bond donors (Lipinski definition) is 1. The number of ether oxygens (including phenoxy) is 2. The van der Waals surface area contributed by atoms with Crippen molar-refractivity contribution in [1.29, 1.82) is 0 Å². The number of carbonyl (C=O) groups is 1. The molecule has 2 aromatic carbocycles. The first kappa shape index (κ1) is 25.7. The van der Waals surface area contributed by atoms with Gasteiger partial charge >= 0.3 is 0 Å². The monoisotopic (exact) mass is 462 g/mol. The molecule has 174 valence electrons. The summed E-state index contributed by atoms with van der Waals surface area (Å²) < 4.78 is 24.5. The van der Waals surface area contributed by atoms with Gasteiger partial charge in [-0.3, -0.25) is 9.69 Å². The Kier molecular flexibility index (Phi) is 10.0. The number of hydrogen-bond acceptors (Lipinski definition) is 4. The highest BCUT2D eigenvalue weighted by Crippen LogP contribution is 2.30. The molecule has 0 fully saturated rings. The van der Waals surface area contributed by atoms with Gasteiger partial charge in [0.25, 0.3) is 0 Å². The van der Waals surface area contributed by atoms with Crippen molar-refractivity contribution in [3.8, 4) is 11.5 Å². The second-order valence-corrected chi connectivity index (χ2v) is 8.39. The Morgan fingerprint density at radius 2 is 1.84 bits per heavy atom. The molecule has 0 heterocycles. The summed E-state index contributed by atoms with van der Waals surface area (Å²) >= 11 is 5.99. The topological polar surface area (TPSA) is 50.8 Å². The van der Waals surface area contributed by atoms with E-state index in [0.29, 0.717) is 41.4 Å². The van der Waals surface area contributed by atoms with E-state index < -0.39 is 5.82 Å². The highest BCUT2D eigenvalue weighted by atomic mass is 35.5. The lowest BCUT2D eigenvalue weighted by molar-refractivity contribution is -0.111. The Morgan fingerprint density at radius 1 is 1.12 bits per heavy atom. The molecule has 0 aliphatic rings. The molecule has 1 N–H and O–H groups in total. The molecule has 0 saturated heterocycles. The molecule has 0 unspecified atom stereocenters. The van der Waals surface area contributed by atoms with Crippen molar-refractivity contribution >= 4 is 29.3 Å². The van der Waals surface area contributed by atoms with Crippen LogP contribution in [0.1, 0.15) is 39.7 Å². The molecule has 0 bridgehead atoms. The molecule has 0 saturated carbocycles. The molecule has 1 amide bonds. The fraction of sp³-hybridized carbons (Fsp3) is 0.400. The molecule has 0 atom stereocenters. The van der Waals surface area contributed by atoms with E-state index in [1.807, 2.05) is 0 Å². The van der Waals surface area contributed by atoms with E-state index >= 15 is 0 Å². The van der Waals surface area contributed by atoms with E-state index in [0.717, 1.165) is 13.0 Å². The summed E-state index contributed by atoms with van der Waals surface area (Å²) in [4.78, 5) is 14.7. The average molecular weight is 463 g/mol. The van der Waals surface area contributed by atoms with E-state index in [4.69, 9.17) is 21.1 Å². The third-order valence-corrected chi connectivity index (χ3v) is 5.28. The Bertz CT molecular complexity index is 923. The molecule has 0 spiro atoms. The van der Waals surface area contributed by atoms with E-state index in [-0.39, 0.29) is 10.9 Å². The first-order chi connectivity index (χ1) is 15.2. The highest BCUT2D eigenvalue weighted by molar-refractivity contribution is 6.32. The van der Waals surface area contributed by atoms with Crippen LogP contribution in [0.4, 0.5) is 10.1 Å². The summed E-state index contributed by atoms with van der Waals surface area (Å²) in [6, 6.07) is 10.2. The van der Waals surface area contributed by atoms with E-state index in [9.17, 15) is 9.18 Å². The zero-order chi connectivity index (χ0) is 23.7. The summed E-state index contributed by atoms with van der Waals surface area (Å²) in [6.07, 6.45) is 3.75. The normalized spacial score (nSPS) is 11.6. The number of amides is 1. The number of carbonyl (C=O) groups excluding carboxylic acids is 1. The minimum atomic E-state index is -0.427. The van der Waals surface area contributed by atoms with Gasteiger partial charge in [0, 0.05) is 36.5 Å². The number of anilines is 1. The molecule has 7 heteroatoms. The summed E-state index contributed by atoms with van der Waals surface area (Å²) in [5.41, 5.74) is 1.13. The van der Waals surface area contributed by atoms with E-state index in [1.165, 1.54) is 30.4 Å². The van der Waals surface area contributed by atoms with Crippen molar-refractivity contribution in [2.45, 2.75) is 46.2 Å². The minimum Gasteiger partial charge on any atom is -0.493 e. The molecule has 32 heavy (non-hydrogen) atoms. The van der Waals surface area contributed by atoms with E-state index in [1.54, 1.807) is 25.3 Å². The predicted molar refractivity (Wildman–Crippen MR) is 129 cm³/mol. The van der Waals surface area contributed by atoms with Crippen molar-refractivity contribution < 1.29 is 18.7 Å². The van der Waals surface area contributed by atoms with Crippen LogP contribution in [0.25, 0.3) is 6.08 Å². The Morgan fingerprint density at radius 3 is 2.47 bits per heavy atom. The molecule has 2 aromatic rings. The van der Waals surface area contributed by atoms with Crippen LogP contribution in [0.5, 0.6) is 11.5 Å². The maximum absolute atomic E-state index is 13.1. The van der Waals surface area contributed by atoms with Crippen molar-refractivity contribution in [2.75, 3.05) is 25.6 Å². The quantitative estimate of drug-likeness (QED) is 0.327. The van der Waals surface area contributed by atoms with Gasteiger partial charge < -0.3 is 14.8 Å². The number of nitrogens with one attached hydrogen (secondary N) is 1. The summed E-state index contributed by atoms with van der Waals surface area (Å²) in [5, 5.41) is 3.03. The Hall–Kier alpha value is -2.57. The molecule has 0 aromatic heterocycles. The maximum Gasteiger partial charge on any atom is 0.248 e. The number of halogens is 2. The Balaban J connectivity index is 1.98. The lowest BCUT2D eigenvalue weighted by Crippen LogP contribution is -2.38. The lowest BCUT2D eigenvalue weighted by Gasteiger charge is -2.30. The van der Waals surface area contributed by atoms with Gasteiger partial charge in [-0.2, -0.15) is 0 Å².